The van der Waals surface area contributed by atoms with E-state index in [1.807, 2.05) is 6.08 Å². The molecule has 6 nitrogen and oxygen atoms in total. The van der Waals surface area contributed by atoms with Crippen molar-refractivity contribution in [1.82, 2.24) is 5.32 Å². The SMILES string of the molecule is CCCCCCCCCCCCCCCCCCCCCCCCC/C=C/C(O)C(CO)NC(=O)CCCCCCCCCCCCCCCCCCC/C=C\CCCCCCCCCCCCCCCCOC(=O)CCCCCCCCCCCCC. The Kier molecular flexibility index (Phi) is 76.3. The minimum Gasteiger partial charge on any atom is -0.466 e. The van der Waals surface area contributed by atoms with Crippen LogP contribution in [0.1, 0.15) is 463 Å². The number of aliphatic hydroxyl groups is 2. The van der Waals surface area contributed by atoms with Gasteiger partial charge in [-0.3, -0.25) is 9.59 Å². The second kappa shape index (κ2) is 77.8. The molecule has 0 aliphatic heterocycles. The molecule has 0 spiro atoms. The molecule has 0 saturated carbocycles. The number of aliphatic hydroxyl groups excluding tert-OH is 2. The predicted octanol–water partition coefficient (Wildman–Crippen LogP) is 26.8. The van der Waals surface area contributed by atoms with Crippen LogP contribution in [0.3, 0.4) is 0 Å². The number of allylic oxidation sites excluding steroid dienone is 3. The van der Waals surface area contributed by atoms with Gasteiger partial charge in [0.15, 0.2) is 0 Å². The number of esters is 1. The molecular formula is C82H159NO5. The summed E-state index contributed by atoms with van der Waals surface area (Å²) in [6, 6.07) is -0.626. The molecule has 0 aliphatic rings. The van der Waals surface area contributed by atoms with Crippen molar-refractivity contribution in [3.63, 3.8) is 0 Å². The Morgan fingerprint density at radius 1 is 0.307 bits per heavy atom. The van der Waals surface area contributed by atoms with Gasteiger partial charge in [0.1, 0.15) is 0 Å². The van der Waals surface area contributed by atoms with Crippen LogP contribution in [0.25, 0.3) is 0 Å². The highest BCUT2D eigenvalue weighted by Crippen LogP contribution is 2.20. The first-order valence-corrected chi connectivity index (χ1v) is 40.6. The quantitative estimate of drug-likeness (QED) is 0.0320. The molecule has 0 saturated heterocycles. The summed E-state index contributed by atoms with van der Waals surface area (Å²) in [6.45, 7) is 4.96. The summed E-state index contributed by atoms with van der Waals surface area (Å²) in [7, 11) is 0. The summed E-state index contributed by atoms with van der Waals surface area (Å²) < 4.78 is 5.48. The highest BCUT2D eigenvalue weighted by Gasteiger charge is 2.18. The van der Waals surface area contributed by atoms with Crippen molar-refractivity contribution >= 4 is 11.9 Å². The number of hydrogen-bond acceptors (Lipinski definition) is 5. The molecule has 522 valence electrons. The van der Waals surface area contributed by atoms with Gasteiger partial charge in [0.25, 0.3) is 0 Å². The van der Waals surface area contributed by atoms with Gasteiger partial charge in [0, 0.05) is 12.8 Å². The normalized spacial score (nSPS) is 12.5. The lowest BCUT2D eigenvalue weighted by Crippen LogP contribution is -2.45. The predicted molar refractivity (Wildman–Crippen MR) is 389 cm³/mol. The van der Waals surface area contributed by atoms with E-state index in [1.165, 1.54) is 398 Å². The van der Waals surface area contributed by atoms with Gasteiger partial charge < -0.3 is 20.3 Å². The molecule has 0 heterocycles. The maximum atomic E-state index is 12.6. The molecule has 0 bridgehead atoms. The van der Waals surface area contributed by atoms with E-state index in [-0.39, 0.29) is 18.5 Å². The minimum atomic E-state index is -0.843. The van der Waals surface area contributed by atoms with Crippen molar-refractivity contribution < 1.29 is 24.5 Å². The van der Waals surface area contributed by atoms with Gasteiger partial charge in [0.2, 0.25) is 5.91 Å². The second-order valence-electron chi connectivity index (χ2n) is 28.1. The summed E-state index contributed by atoms with van der Waals surface area (Å²) in [5.74, 6) is -0.0382. The van der Waals surface area contributed by atoms with Crippen molar-refractivity contribution in [1.29, 1.82) is 0 Å². The maximum Gasteiger partial charge on any atom is 0.305 e. The average Bonchev–Trinajstić information content (AvgIpc) is 3.55. The van der Waals surface area contributed by atoms with Crippen LogP contribution in [-0.4, -0.2) is 47.4 Å². The molecule has 0 aromatic carbocycles. The molecule has 1 amide bonds. The molecule has 0 rings (SSSR count). The lowest BCUT2D eigenvalue weighted by atomic mass is 10.0. The number of nitrogens with one attached hydrogen (secondary N) is 1. The van der Waals surface area contributed by atoms with Crippen LogP contribution in [-0.2, 0) is 14.3 Å². The first-order valence-electron chi connectivity index (χ1n) is 40.6. The van der Waals surface area contributed by atoms with Gasteiger partial charge in [-0.05, 0) is 57.8 Å². The third kappa shape index (κ3) is 73.4. The molecule has 88 heavy (non-hydrogen) atoms. The van der Waals surface area contributed by atoms with Gasteiger partial charge in [0.05, 0.1) is 25.4 Å². The van der Waals surface area contributed by atoms with Crippen molar-refractivity contribution in [2.45, 2.75) is 475 Å². The molecule has 0 aromatic heterocycles. The zero-order chi connectivity index (χ0) is 63.5. The Morgan fingerprint density at radius 3 is 0.807 bits per heavy atom. The van der Waals surface area contributed by atoms with E-state index in [4.69, 9.17) is 4.74 Å². The summed E-state index contributed by atoms with van der Waals surface area (Å²) in [6.07, 6.45) is 100. The van der Waals surface area contributed by atoms with Crippen molar-refractivity contribution in [3.05, 3.63) is 24.3 Å². The molecule has 0 aliphatic carbocycles. The third-order valence-corrected chi connectivity index (χ3v) is 19.2. The first kappa shape index (κ1) is 86.3. The van der Waals surface area contributed by atoms with Crippen LogP contribution < -0.4 is 5.32 Å². The molecule has 0 radical (unpaired) electrons. The number of unbranched alkanes of at least 4 members (excludes halogenated alkanes) is 64. The van der Waals surface area contributed by atoms with Gasteiger partial charge in [-0.2, -0.15) is 0 Å². The monoisotopic (exact) mass is 1240 g/mol. The number of hydrogen-bond donors (Lipinski definition) is 3. The molecule has 2 atom stereocenters. The van der Waals surface area contributed by atoms with Crippen molar-refractivity contribution in [2.24, 2.45) is 0 Å². The molecule has 6 heteroatoms. The Hall–Kier alpha value is -1.66. The van der Waals surface area contributed by atoms with Crippen molar-refractivity contribution in [2.75, 3.05) is 13.2 Å². The Balaban J connectivity index is 3.37. The van der Waals surface area contributed by atoms with Crippen LogP contribution in [0.15, 0.2) is 24.3 Å². The van der Waals surface area contributed by atoms with Gasteiger partial charge in [-0.1, -0.05) is 417 Å². The van der Waals surface area contributed by atoms with E-state index in [0.29, 0.717) is 19.4 Å². The van der Waals surface area contributed by atoms with Gasteiger partial charge in [-0.15, -0.1) is 0 Å². The number of ether oxygens (including phenoxy) is 1. The van der Waals surface area contributed by atoms with Crippen LogP contribution in [0.4, 0.5) is 0 Å². The largest absolute Gasteiger partial charge is 0.466 e. The fourth-order valence-electron chi connectivity index (χ4n) is 13.0. The van der Waals surface area contributed by atoms with E-state index in [0.717, 1.165) is 38.5 Å². The van der Waals surface area contributed by atoms with Gasteiger partial charge in [-0.25, -0.2) is 0 Å². The van der Waals surface area contributed by atoms with E-state index < -0.39 is 12.1 Å². The van der Waals surface area contributed by atoms with E-state index in [1.54, 1.807) is 6.08 Å². The summed E-state index contributed by atoms with van der Waals surface area (Å²) in [5, 5.41) is 23.3. The number of rotatable bonds is 77. The topological polar surface area (TPSA) is 95.9 Å². The summed E-state index contributed by atoms with van der Waals surface area (Å²) in [4.78, 5) is 24.6. The molecule has 0 fully saturated rings. The zero-order valence-corrected chi connectivity index (χ0v) is 60.0. The number of carbonyl (C=O) groups is 2. The molecular weight excluding hydrogens is 1080 g/mol. The van der Waals surface area contributed by atoms with Crippen LogP contribution >= 0.6 is 0 Å². The fourth-order valence-corrected chi connectivity index (χ4v) is 13.0. The van der Waals surface area contributed by atoms with E-state index >= 15 is 0 Å². The molecule has 3 N–H and O–H groups in total. The summed E-state index contributed by atoms with van der Waals surface area (Å²) in [5.41, 5.74) is 0. The maximum absolute atomic E-state index is 12.6. The van der Waals surface area contributed by atoms with Crippen LogP contribution in [0.5, 0.6) is 0 Å². The molecule has 0 aromatic rings. The van der Waals surface area contributed by atoms with Crippen LogP contribution in [0, 0.1) is 0 Å². The Morgan fingerprint density at radius 2 is 0.534 bits per heavy atom. The highest BCUT2D eigenvalue weighted by molar-refractivity contribution is 5.76. The van der Waals surface area contributed by atoms with E-state index in [9.17, 15) is 19.8 Å². The minimum absolute atomic E-state index is 0.0206. The first-order chi connectivity index (χ1) is 43.5. The third-order valence-electron chi connectivity index (χ3n) is 19.2. The number of carbonyl (C=O) groups excluding carboxylic acids is 2. The second-order valence-corrected chi connectivity index (χ2v) is 28.1. The highest BCUT2D eigenvalue weighted by atomic mass is 16.5. The van der Waals surface area contributed by atoms with Crippen molar-refractivity contribution in [3.8, 4) is 0 Å². The Labute approximate surface area is 551 Å². The lowest BCUT2D eigenvalue weighted by Gasteiger charge is -2.20. The molecule has 2 unspecified atom stereocenters. The average molecular weight is 1240 g/mol. The smallest absolute Gasteiger partial charge is 0.305 e. The number of amides is 1. The van der Waals surface area contributed by atoms with Crippen LogP contribution in [0.2, 0.25) is 0 Å². The zero-order valence-electron chi connectivity index (χ0n) is 60.0. The summed E-state index contributed by atoms with van der Waals surface area (Å²) >= 11 is 0. The lowest BCUT2D eigenvalue weighted by molar-refractivity contribution is -0.143. The standard InChI is InChI=1S/C82H159NO5/c1-3-5-7-9-11-13-15-16-17-18-19-20-21-33-36-39-42-45-48-51-55-58-62-66-70-74-80(85)79(78-84)83-81(86)75-71-67-63-59-56-52-49-46-43-40-37-34-31-29-27-25-23-22-24-26-28-30-32-35-38-41-44-47-50-53-57-61-65-69-73-77-88-82(87)76-72-68-64-60-54-14-12-10-8-6-4-2/h24,26,70,74,79-80,84-85H,3-23,25,27-69,71-73,75-78H2,1-2H3,(H,83,86)/b26-24-,74-70+. The van der Waals surface area contributed by atoms with E-state index in [2.05, 4.69) is 31.3 Å². The Bertz CT molecular complexity index is 1380. The fraction of sp³-hybridized carbons (Fsp3) is 0.927. The van der Waals surface area contributed by atoms with Gasteiger partial charge >= 0.3 is 5.97 Å².